The van der Waals surface area contributed by atoms with Crippen LogP contribution in [0.5, 0.6) is 0 Å². The minimum Gasteiger partial charge on any atom is -0.382 e. The summed E-state index contributed by atoms with van der Waals surface area (Å²) in [6.07, 6.45) is 0. The molecular weight excluding hydrogens is 300 g/mol. The van der Waals surface area contributed by atoms with Crippen LogP contribution in [-0.4, -0.2) is 57.5 Å². The van der Waals surface area contributed by atoms with Gasteiger partial charge in [0.25, 0.3) is 0 Å². The molecule has 0 radical (unpaired) electrons. The second-order valence-corrected chi connectivity index (χ2v) is 8.04. The second kappa shape index (κ2) is 7.44. The highest BCUT2D eigenvalue weighted by Gasteiger charge is 2.24. The van der Waals surface area contributed by atoms with Crippen molar-refractivity contribution in [3.8, 4) is 0 Å². The standard InChI is InChI=1S/C16H26N2O3S/c1-4-22(19,20)16-8-6-5-7-15(16)17-11-13(2)18-9-10-21-12-14(18)3/h5-8,13-14,17H,4,9-12H2,1-3H3/t13-,14-/m1/s1. The molecule has 2 rings (SSSR count). The summed E-state index contributed by atoms with van der Waals surface area (Å²) in [4.78, 5) is 2.78. The van der Waals surface area contributed by atoms with Crippen molar-refractivity contribution in [2.75, 3.05) is 37.4 Å². The number of anilines is 1. The maximum absolute atomic E-state index is 12.2. The van der Waals surface area contributed by atoms with Crippen molar-refractivity contribution < 1.29 is 13.2 Å². The van der Waals surface area contributed by atoms with Crippen LogP contribution < -0.4 is 5.32 Å². The summed E-state index contributed by atoms with van der Waals surface area (Å²) in [7, 11) is -3.21. The first-order chi connectivity index (χ1) is 10.5. The molecule has 0 aromatic heterocycles. The van der Waals surface area contributed by atoms with Gasteiger partial charge in [-0.05, 0) is 26.0 Å². The lowest BCUT2D eigenvalue weighted by atomic mass is 10.2. The highest BCUT2D eigenvalue weighted by molar-refractivity contribution is 7.91. The fourth-order valence-electron chi connectivity index (χ4n) is 2.81. The number of para-hydroxylation sites is 1. The number of nitrogens with one attached hydrogen (secondary N) is 1. The minimum absolute atomic E-state index is 0.113. The molecule has 1 aromatic carbocycles. The summed E-state index contributed by atoms with van der Waals surface area (Å²) < 4.78 is 29.8. The molecule has 2 atom stereocenters. The molecule has 1 saturated heterocycles. The zero-order valence-electron chi connectivity index (χ0n) is 13.6. The topological polar surface area (TPSA) is 58.6 Å². The fraction of sp³-hybridized carbons (Fsp3) is 0.625. The molecule has 0 saturated carbocycles. The number of ether oxygens (including phenoxy) is 1. The molecular formula is C16H26N2O3S. The molecule has 0 bridgehead atoms. The average Bonchev–Trinajstić information content (AvgIpc) is 2.53. The molecule has 0 amide bonds. The number of hydrogen-bond donors (Lipinski definition) is 1. The van der Waals surface area contributed by atoms with Gasteiger partial charge in [0, 0.05) is 25.2 Å². The van der Waals surface area contributed by atoms with E-state index < -0.39 is 9.84 Å². The maximum atomic E-state index is 12.2. The number of benzene rings is 1. The van der Waals surface area contributed by atoms with E-state index in [0.717, 1.165) is 19.8 Å². The van der Waals surface area contributed by atoms with E-state index in [9.17, 15) is 8.42 Å². The second-order valence-electron chi connectivity index (χ2n) is 5.79. The monoisotopic (exact) mass is 326 g/mol. The zero-order valence-corrected chi connectivity index (χ0v) is 14.4. The minimum atomic E-state index is -3.21. The summed E-state index contributed by atoms with van der Waals surface area (Å²) in [5.41, 5.74) is 0.692. The summed E-state index contributed by atoms with van der Waals surface area (Å²) in [5, 5.41) is 3.31. The van der Waals surface area contributed by atoms with Gasteiger partial charge in [0.05, 0.1) is 29.5 Å². The predicted octanol–water partition coefficient (Wildman–Crippen LogP) is 2.00. The molecule has 1 N–H and O–H groups in total. The van der Waals surface area contributed by atoms with Crippen LogP contribution in [0.15, 0.2) is 29.2 Å². The first kappa shape index (κ1) is 17.2. The Morgan fingerprint density at radius 2 is 2.14 bits per heavy atom. The quantitative estimate of drug-likeness (QED) is 0.866. The largest absolute Gasteiger partial charge is 0.382 e. The van der Waals surface area contributed by atoms with Gasteiger partial charge >= 0.3 is 0 Å². The highest BCUT2D eigenvalue weighted by atomic mass is 32.2. The third kappa shape index (κ3) is 4.00. The summed E-state index contributed by atoms with van der Waals surface area (Å²) >= 11 is 0. The van der Waals surface area contributed by atoms with Gasteiger partial charge in [0.1, 0.15) is 0 Å². The van der Waals surface area contributed by atoms with Crippen LogP contribution in [0.2, 0.25) is 0 Å². The van der Waals surface area contributed by atoms with Crippen LogP contribution in [0.3, 0.4) is 0 Å². The van der Waals surface area contributed by atoms with Gasteiger partial charge in [-0.1, -0.05) is 19.1 Å². The van der Waals surface area contributed by atoms with Gasteiger partial charge in [-0.2, -0.15) is 0 Å². The number of rotatable bonds is 6. The average molecular weight is 326 g/mol. The van der Waals surface area contributed by atoms with Crippen molar-refractivity contribution >= 4 is 15.5 Å². The number of nitrogens with zero attached hydrogens (tertiary/aromatic N) is 1. The molecule has 5 nitrogen and oxygen atoms in total. The lowest BCUT2D eigenvalue weighted by Crippen LogP contribution is -2.50. The van der Waals surface area contributed by atoms with Crippen LogP contribution in [-0.2, 0) is 14.6 Å². The van der Waals surface area contributed by atoms with E-state index in [-0.39, 0.29) is 5.75 Å². The van der Waals surface area contributed by atoms with Gasteiger partial charge < -0.3 is 10.1 Å². The lowest BCUT2D eigenvalue weighted by Gasteiger charge is -2.38. The predicted molar refractivity (Wildman–Crippen MR) is 89.1 cm³/mol. The molecule has 22 heavy (non-hydrogen) atoms. The van der Waals surface area contributed by atoms with E-state index in [2.05, 4.69) is 24.1 Å². The van der Waals surface area contributed by atoms with Crippen molar-refractivity contribution in [2.24, 2.45) is 0 Å². The third-order valence-electron chi connectivity index (χ3n) is 4.18. The van der Waals surface area contributed by atoms with Gasteiger partial charge in [0.15, 0.2) is 9.84 Å². The number of sulfone groups is 1. The number of hydrogen-bond acceptors (Lipinski definition) is 5. The van der Waals surface area contributed by atoms with Gasteiger partial charge in [-0.15, -0.1) is 0 Å². The van der Waals surface area contributed by atoms with E-state index in [4.69, 9.17) is 4.74 Å². The van der Waals surface area contributed by atoms with E-state index in [1.807, 2.05) is 12.1 Å². The van der Waals surface area contributed by atoms with Crippen LogP contribution in [0, 0.1) is 0 Å². The van der Waals surface area contributed by atoms with Crippen LogP contribution in [0.4, 0.5) is 5.69 Å². The van der Waals surface area contributed by atoms with Crippen molar-refractivity contribution in [2.45, 2.75) is 37.8 Å². The smallest absolute Gasteiger partial charge is 0.180 e. The molecule has 0 aliphatic carbocycles. The molecule has 1 heterocycles. The maximum Gasteiger partial charge on any atom is 0.180 e. The van der Waals surface area contributed by atoms with Crippen molar-refractivity contribution in [3.05, 3.63) is 24.3 Å². The lowest BCUT2D eigenvalue weighted by molar-refractivity contribution is -0.0159. The Morgan fingerprint density at radius 3 is 2.82 bits per heavy atom. The molecule has 1 aliphatic heterocycles. The first-order valence-electron chi connectivity index (χ1n) is 7.85. The Kier molecular flexibility index (Phi) is 5.83. The van der Waals surface area contributed by atoms with Crippen molar-refractivity contribution in [3.63, 3.8) is 0 Å². The Hall–Kier alpha value is -1.11. The van der Waals surface area contributed by atoms with Crippen LogP contribution in [0.1, 0.15) is 20.8 Å². The Bertz CT molecular complexity index is 589. The van der Waals surface area contributed by atoms with Crippen molar-refractivity contribution in [1.29, 1.82) is 0 Å². The Balaban J connectivity index is 2.05. The SMILES string of the molecule is CCS(=O)(=O)c1ccccc1NC[C@@H](C)N1CCOC[C@H]1C. The molecule has 1 aromatic rings. The van der Waals surface area contributed by atoms with E-state index in [1.54, 1.807) is 19.1 Å². The zero-order chi connectivity index (χ0) is 16.2. The number of morpholine rings is 1. The fourth-order valence-corrected chi connectivity index (χ4v) is 3.88. The summed E-state index contributed by atoms with van der Waals surface area (Å²) in [6.45, 7) is 9.13. The molecule has 0 spiro atoms. The Labute approximate surface area is 133 Å². The van der Waals surface area contributed by atoms with Crippen molar-refractivity contribution in [1.82, 2.24) is 4.90 Å². The first-order valence-corrected chi connectivity index (χ1v) is 9.50. The summed E-state index contributed by atoms with van der Waals surface area (Å²) in [6, 6.07) is 7.83. The van der Waals surface area contributed by atoms with Gasteiger partial charge in [0.2, 0.25) is 0 Å². The molecule has 1 aliphatic rings. The third-order valence-corrected chi connectivity index (χ3v) is 5.96. The van der Waals surface area contributed by atoms with Crippen LogP contribution in [0.25, 0.3) is 0 Å². The normalized spacial score (nSPS) is 21.5. The van der Waals surface area contributed by atoms with E-state index in [1.165, 1.54) is 0 Å². The van der Waals surface area contributed by atoms with E-state index >= 15 is 0 Å². The highest BCUT2D eigenvalue weighted by Crippen LogP contribution is 2.22. The summed E-state index contributed by atoms with van der Waals surface area (Å²) in [5.74, 6) is 0.113. The molecule has 0 unspecified atom stereocenters. The van der Waals surface area contributed by atoms with Crippen LogP contribution >= 0.6 is 0 Å². The molecule has 124 valence electrons. The van der Waals surface area contributed by atoms with E-state index in [0.29, 0.717) is 29.2 Å². The Morgan fingerprint density at radius 1 is 1.41 bits per heavy atom. The molecule has 1 fully saturated rings. The van der Waals surface area contributed by atoms with Gasteiger partial charge in [-0.3, -0.25) is 4.90 Å². The molecule has 6 heteroatoms. The van der Waals surface area contributed by atoms with Gasteiger partial charge in [-0.25, -0.2) is 8.42 Å².